The van der Waals surface area contributed by atoms with Gasteiger partial charge in [-0.25, -0.2) is 4.98 Å². The van der Waals surface area contributed by atoms with Crippen LogP contribution in [0.25, 0.3) is 11.1 Å². The summed E-state index contributed by atoms with van der Waals surface area (Å²) >= 11 is 0. The van der Waals surface area contributed by atoms with E-state index in [1.54, 1.807) is 0 Å². The second-order valence-electron chi connectivity index (χ2n) is 5.13. The number of rotatable bonds is 5. The van der Waals surface area contributed by atoms with E-state index in [2.05, 4.69) is 18.0 Å². The number of anilines is 1. The van der Waals surface area contributed by atoms with Gasteiger partial charge in [0.25, 0.3) is 0 Å². The molecule has 0 spiro atoms. The molecule has 0 aliphatic rings. The van der Waals surface area contributed by atoms with Crippen molar-refractivity contribution < 1.29 is 4.74 Å². The van der Waals surface area contributed by atoms with Crippen molar-refractivity contribution in [3.63, 3.8) is 0 Å². The molecule has 0 atom stereocenters. The van der Waals surface area contributed by atoms with Crippen LogP contribution in [-0.2, 0) is 6.42 Å². The van der Waals surface area contributed by atoms with Crippen LogP contribution in [0.2, 0.25) is 0 Å². The number of nitriles is 1. The minimum absolute atomic E-state index is 0.295. The van der Waals surface area contributed by atoms with Crippen LogP contribution in [0.4, 0.5) is 5.82 Å². The lowest BCUT2D eigenvalue weighted by atomic mass is 9.92. The van der Waals surface area contributed by atoms with E-state index in [0.717, 1.165) is 41.0 Å². The smallest absolute Gasteiger partial charge is 0.142 e. The van der Waals surface area contributed by atoms with Gasteiger partial charge in [0.1, 0.15) is 23.2 Å². The molecule has 0 radical (unpaired) electrons. The normalized spacial score (nSPS) is 10.3. The van der Waals surface area contributed by atoms with E-state index in [9.17, 15) is 5.26 Å². The zero-order valence-electron chi connectivity index (χ0n) is 13.3. The summed E-state index contributed by atoms with van der Waals surface area (Å²) in [4.78, 5) is 4.33. The van der Waals surface area contributed by atoms with E-state index >= 15 is 0 Å². The predicted molar refractivity (Wildman–Crippen MR) is 88.7 cm³/mol. The van der Waals surface area contributed by atoms with Gasteiger partial charge in [-0.1, -0.05) is 25.5 Å². The van der Waals surface area contributed by atoms with Crippen molar-refractivity contribution in [2.24, 2.45) is 0 Å². The summed E-state index contributed by atoms with van der Waals surface area (Å²) in [6, 6.07) is 9.99. The number of nitrogens with two attached hydrogens (primary N) is 1. The summed E-state index contributed by atoms with van der Waals surface area (Å²) in [6.45, 7) is 6.64. The fraction of sp³-hybridized carbons (Fsp3) is 0.333. The molecule has 2 aromatic rings. The predicted octanol–water partition coefficient (Wildman–Crippen LogP) is 3.86. The molecule has 2 rings (SSSR count). The molecule has 2 N–H and O–H groups in total. The molecule has 1 heterocycles. The van der Waals surface area contributed by atoms with Gasteiger partial charge in [-0.2, -0.15) is 5.26 Å². The first-order chi connectivity index (χ1) is 10.6. The Morgan fingerprint density at radius 2 is 1.91 bits per heavy atom. The Morgan fingerprint density at radius 3 is 2.45 bits per heavy atom. The van der Waals surface area contributed by atoms with Crippen molar-refractivity contribution in [1.29, 1.82) is 5.26 Å². The Balaban J connectivity index is 2.63. The van der Waals surface area contributed by atoms with Gasteiger partial charge in [0.05, 0.1) is 6.61 Å². The Hall–Kier alpha value is -2.54. The quantitative estimate of drug-likeness (QED) is 0.909. The zero-order chi connectivity index (χ0) is 16.1. The molecule has 0 aliphatic heterocycles. The monoisotopic (exact) mass is 295 g/mol. The molecular weight excluding hydrogens is 274 g/mol. The minimum Gasteiger partial charge on any atom is -0.494 e. The van der Waals surface area contributed by atoms with Crippen LogP contribution in [0.15, 0.2) is 24.3 Å². The number of benzene rings is 1. The Bertz CT molecular complexity index is 700. The Labute approximate surface area is 131 Å². The summed E-state index contributed by atoms with van der Waals surface area (Å²) in [5.41, 5.74) is 10.3. The van der Waals surface area contributed by atoms with Crippen LogP contribution >= 0.6 is 0 Å². The fourth-order valence-electron chi connectivity index (χ4n) is 2.64. The van der Waals surface area contributed by atoms with Crippen molar-refractivity contribution in [2.75, 3.05) is 12.3 Å². The minimum atomic E-state index is 0.295. The third kappa shape index (κ3) is 3.04. The SMILES string of the molecule is CCCc1c(C)nc(N)c(C#N)c1-c1ccc(OCC)cc1. The molecule has 1 aromatic carbocycles. The summed E-state index contributed by atoms with van der Waals surface area (Å²) < 4.78 is 5.48. The first kappa shape index (κ1) is 15.8. The van der Waals surface area contributed by atoms with Crippen molar-refractivity contribution >= 4 is 5.82 Å². The number of pyridine rings is 1. The number of hydrogen-bond acceptors (Lipinski definition) is 4. The second-order valence-corrected chi connectivity index (χ2v) is 5.13. The van der Waals surface area contributed by atoms with E-state index in [4.69, 9.17) is 10.5 Å². The molecular formula is C18H21N3O. The number of nitrogen functional groups attached to an aromatic ring is 1. The maximum atomic E-state index is 9.49. The first-order valence-electron chi connectivity index (χ1n) is 7.54. The molecule has 0 bridgehead atoms. The number of aryl methyl sites for hydroxylation is 1. The number of aromatic nitrogens is 1. The topological polar surface area (TPSA) is 71.9 Å². The standard InChI is InChI=1S/C18H21N3O/c1-4-6-15-12(3)21-18(20)16(11-19)17(15)13-7-9-14(10-8-13)22-5-2/h7-10H,4-6H2,1-3H3,(H2,20,21). The highest BCUT2D eigenvalue weighted by molar-refractivity contribution is 5.79. The first-order valence-corrected chi connectivity index (χ1v) is 7.54. The lowest BCUT2D eigenvalue weighted by Gasteiger charge is -2.15. The highest BCUT2D eigenvalue weighted by Gasteiger charge is 2.17. The van der Waals surface area contributed by atoms with Crippen LogP contribution in [0.3, 0.4) is 0 Å². The molecule has 4 nitrogen and oxygen atoms in total. The lowest BCUT2D eigenvalue weighted by Crippen LogP contribution is -2.05. The van der Waals surface area contributed by atoms with Crippen LogP contribution in [0.5, 0.6) is 5.75 Å². The highest BCUT2D eigenvalue weighted by Crippen LogP contribution is 2.33. The molecule has 114 valence electrons. The third-order valence-corrected chi connectivity index (χ3v) is 3.60. The molecule has 0 fully saturated rings. The molecule has 0 amide bonds. The molecule has 22 heavy (non-hydrogen) atoms. The van der Waals surface area contributed by atoms with Crippen molar-refractivity contribution in [3.05, 3.63) is 41.1 Å². The van der Waals surface area contributed by atoms with Gasteiger partial charge < -0.3 is 10.5 Å². The Morgan fingerprint density at radius 1 is 1.23 bits per heavy atom. The van der Waals surface area contributed by atoms with Crippen molar-refractivity contribution in [3.8, 4) is 22.9 Å². The fourth-order valence-corrected chi connectivity index (χ4v) is 2.64. The van der Waals surface area contributed by atoms with Crippen molar-refractivity contribution in [2.45, 2.75) is 33.6 Å². The van der Waals surface area contributed by atoms with Gasteiger partial charge in [0.15, 0.2) is 0 Å². The molecule has 0 unspecified atom stereocenters. The van der Waals surface area contributed by atoms with E-state index in [1.807, 2.05) is 38.1 Å². The van der Waals surface area contributed by atoms with E-state index in [1.165, 1.54) is 0 Å². The third-order valence-electron chi connectivity index (χ3n) is 3.60. The summed E-state index contributed by atoms with van der Waals surface area (Å²) in [6.07, 6.45) is 1.86. The van der Waals surface area contributed by atoms with Gasteiger partial charge in [-0.15, -0.1) is 0 Å². The van der Waals surface area contributed by atoms with Crippen LogP contribution in [-0.4, -0.2) is 11.6 Å². The summed E-state index contributed by atoms with van der Waals surface area (Å²) in [5.74, 6) is 1.12. The summed E-state index contributed by atoms with van der Waals surface area (Å²) in [7, 11) is 0. The highest BCUT2D eigenvalue weighted by atomic mass is 16.5. The molecule has 0 saturated carbocycles. The number of ether oxygens (including phenoxy) is 1. The van der Waals surface area contributed by atoms with E-state index < -0.39 is 0 Å². The van der Waals surface area contributed by atoms with Crippen LogP contribution in [0, 0.1) is 18.3 Å². The number of nitrogens with zero attached hydrogens (tertiary/aromatic N) is 2. The average molecular weight is 295 g/mol. The molecule has 0 saturated heterocycles. The van der Waals surface area contributed by atoms with Gasteiger partial charge >= 0.3 is 0 Å². The van der Waals surface area contributed by atoms with Crippen LogP contribution < -0.4 is 10.5 Å². The van der Waals surface area contributed by atoms with Gasteiger partial charge in [-0.05, 0) is 43.5 Å². The van der Waals surface area contributed by atoms with Gasteiger partial charge in [0.2, 0.25) is 0 Å². The van der Waals surface area contributed by atoms with E-state index in [0.29, 0.717) is 18.0 Å². The Kier molecular flexibility index (Phi) is 5.00. The largest absolute Gasteiger partial charge is 0.494 e. The van der Waals surface area contributed by atoms with Gasteiger partial charge in [0, 0.05) is 11.3 Å². The van der Waals surface area contributed by atoms with Gasteiger partial charge in [-0.3, -0.25) is 0 Å². The molecule has 4 heteroatoms. The number of hydrogen-bond donors (Lipinski definition) is 1. The maximum absolute atomic E-state index is 9.49. The molecule has 1 aromatic heterocycles. The average Bonchev–Trinajstić information content (AvgIpc) is 2.51. The second kappa shape index (κ2) is 6.95. The maximum Gasteiger partial charge on any atom is 0.142 e. The lowest BCUT2D eigenvalue weighted by molar-refractivity contribution is 0.340. The molecule has 0 aliphatic carbocycles. The van der Waals surface area contributed by atoms with Crippen LogP contribution in [0.1, 0.15) is 37.1 Å². The summed E-state index contributed by atoms with van der Waals surface area (Å²) in [5, 5.41) is 9.49. The zero-order valence-corrected chi connectivity index (χ0v) is 13.3. The van der Waals surface area contributed by atoms with E-state index in [-0.39, 0.29) is 0 Å². The van der Waals surface area contributed by atoms with Crippen molar-refractivity contribution in [1.82, 2.24) is 4.98 Å².